The van der Waals surface area contributed by atoms with Gasteiger partial charge in [-0.05, 0) is 48.0 Å². The van der Waals surface area contributed by atoms with Gasteiger partial charge in [0.15, 0.2) is 5.70 Å². The lowest BCUT2D eigenvalue weighted by atomic mass is 10.2. The van der Waals surface area contributed by atoms with Crippen molar-refractivity contribution < 1.29 is 14.3 Å². The Kier molecular flexibility index (Phi) is 4.91. The van der Waals surface area contributed by atoms with E-state index in [4.69, 9.17) is 9.47 Å². The molecule has 0 aliphatic carbocycles. The van der Waals surface area contributed by atoms with Crippen molar-refractivity contribution in [3.8, 4) is 5.75 Å². The number of carbonyl (C=O) groups is 1. The van der Waals surface area contributed by atoms with Crippen LogP contribution in [0.1, 0.15) is 11.1 Å². The minimum Gasteiger partial charge on any atom is -0.490 e. The van der Waals surface area contributed by atoms with Crippen molar-refractivity contribution in [3.05, 3.63) is 82.5 Å². The van der Waals surface area contributed by atoms with Crippen LogP contribution in [0.3, 0.4) is 0 Å². The number of aliphatic imine (C=N–C) groups is 1. The first kappa shape index (κ1) is 16.2. The summed E-state index contributed by atoms with van der Waals surface area (Å²) in [5, 5.41) is 0. The highest BCUT2D eigenvalue weighted by Crippen LogP contribution is 2.22. The van der Waals surface area contributed by atoms with Crippen LogP contribution in [0.5, 0.6) is 5.75 Å². The lowest BCUT2D eigenvalue weighted by Crippen LogP contribution is -2.05. The number of rotatable bonds is 5. The maximum atomic E-state index is 12.0. The quantitative estimate of drug-likeness (QED) is 0.437. The van der Waals surface area contributed by atoms with Crippen LogP contribution in [0.25, 0.3) is 6.08 Å². The van der Waals surface area contributed by atoms with Gasteiger partial charge in [-0.1, -0.05) is 40.7 Å². The number of esters is 1. The molecule has 0 N–H and O–H groups in total. The minimum absolute atomic E-state index is 0.258. The first-order valence-electron chi connectivity index (χ1n) is 7.28. The number of ether oxygens (including phenoxy) is 2. The molecule has 1 heterocycles. The van der Waals surface area contributed by atoms with Crippen LogP contribution in [0, 0.1) is 0 Å². The third kappa shape index (κ3) is 3.81. The molecule has 0 radical (unpaired) electrons. The predicted octanol–water partition coefficient (Wildman–Crippen LogP) is 4.36. The first-order valence-corrected chi connectivity index (χ1v) is 8.07. The van der Waals surface area contributed by atoms with Gasteiger partial charge in [-0.25, -0.2) is 9.79 Å². The van der Waals surface area contributed by atoms with E-state index in [2.05, 4.69) is 27.5 Å². The Morgan fingerprint density at radius 3 is 2.75 bits per heavy atom. The Hall–Kier alpha value is -2.66. The molecule has 0 fully saturated rings. The standard InChI is InChI=1S/C19H14BrNO3/c1-2-10-23-16-5-3-4-13(11-16)12-17-19(22)24-18(21-17)14-6-8-15(20)9-7-14/h2-9,11-12H,1,10H2. The van der Waals surface area contributed by atoms with E-state index < -0.39 is 5.97 Å². The summed E-state index contributed by atoms with van der Waals surface area (Å²) in [6, 6.07) is 14.8. The molecule has 2 aromatic rings. The van der Waals surface area contributed by atoms with Gasteiger partial charge in [-0.15, -0.1) is 0 Å². The number of nitrogens with zero attached hydrogens (tertiary/aromatic N) is 1. The maximum Gasteiger partial charge on any atom is 0.363 e. The smallest absolute Gasteiger partial charge is 0.363 e. The van der Waals surface area contributed by atoms with E-state index in [0.29, 0.717) is 18.3 Å². The van der Waals surface area contributed by atoms with Crippen molar-refractivity contribution in [2.45, 2.75) is 0 Å². The molecule has 2 aromatic carbocycles. The van der Waals surface area contributed by atoms with Gasteiger partial charge in [-0.2, -0.15) is 0 Å². The van der Waals surface area contributed by atoms with Gasteiger partial charge in [-0.3, -0.25) is 0 Å². The first-order chi connectivity index (χ1) is 11.7. The number of hydrogen-bond donors (Lipinski definition) is 0. The van der Waals surface area contributed by atoms with Crippen molar-refractivity contribution in [1.82, 2.24) is 0 Å². The molecular formula is C19H14BrNO3. The zero-order valence-corrected chi connectivity index (χ0v) is 14.3. The molecule has 4 nitrogen and oxygen atoms in total. The van der Waals surface area contributed by atoms with Crippen LogP contribution in [0.15, 0.2) is 76.3 Å². The summed E-state index contributed by atoms with van der Waals surface area (Å²) in [4.78, 5) is 16.3. The second-order valence-electron chi connectivity index (χ2n) is 5.02. The highest BCUT2D eigenvalue weighted by molar-refractivity contribution is 9.10. The average Bonchev–Trinajstić information content (AvgIpc) is 2.95. The molecule has 5 heteroatoms. The van der Waals surface area contributed by atoms with Crippen molar-refractivity contribution in [3.63, 3.8) is 0 Å². The topological polar surface area (TPSA) is 47.9 Å². The highest BCUT2D eigenvalue weighted by atomic mass is 79.9. The second-order valence-corrected chi connectivity index (χ2v) is 5.93. The van der Waals surface area contributed by atoms with Gasteiger partial charge in [0, 0.05) is 10.0 Å². The van der Waals surface area contributed by atoms with E-state index in [9.17, 15) is 4.79 Å². The van der Waals surface area contributed by atoms with Gasteiger partial charge in [0.2, 0.25) is 5.90 Å². The molecule has 3 rings (SSSR count). The zero-order chi connectivity index (χ0) is 16.9. The Labute approximate surface area is 148 Å². The van der Waals surface area contributed by atoms with E-state index in [0.717, 1.165) is 15.6 Å². The van der Waals surface area contributed by atoms with E-state index >= 15 is 0 Å². The molecular weight excluding hydrogens is 370 g/mol. The largest absolute Gasteiger partial charge is 0.490 e. The molecule has 0 unspecified atom stereocenters. The molecule has 0 atom stereocenters. The number of halogens is 1. The third-order valence-corrected chi connectivity index (χ3v) is 3.77. The van der Waals surface area contributed by atoms with Gasteiger partial charge >= 0.3 is 5.97 Å². The van der Waals surface area contributed by atoms with Crippen molar-refractivity contribution in [2.75, 3.05) is 6.61 Å². The lowest BCUT2D eigenvalue weighted by Gasteiger charge is -2.03. The fraction of sp³-hybridized carbons (Fsp3) is 0.0526. The molecule has 1 aliphatic rings. The Balaban J connectivity index is 1.85. The molecule has 1 aliphatic heterocycles. The van der Waals surface area contributed by atoms with E-state index in [1.54, 1.807) is 12.2 Å². The lowest BCUT2D eigenvalue weighted by molar-refractivity contribution is -0.129. The van der Waals surface area contributed by atoms with Gasteiger partial charge in [0.05, 0.1) is 0 Å². The maximum absolute atomic E-state index is 12.0. The van der Waals surface area contributed by atoms with Crippen molar-refractivity contribution >= 4 is 33.9 Å². The monoisotopic (exact) mass is 383 g/mol. The van der Waals surface area contributed by atoms with Gasteiger partial charge in [0.1, 0.15) is 12.4 Å². The third-order valence-electron chi connectivity index (χ3n) is 3.24. The average molecular weight is 384 g/mol. The normalized spacial score (nSPS) is 15.1. The van der Waals surface area contributed by atoms with E-state index in [-0.39, 0.29) is 5.70 Å². The number of cyclic esters (lactones) is 1. The second kappa shape index (κ2) is 7.27. The number of benzene rings is 2. The molecule has 0 aromatic heterocycles. The Morgan fingerprint density at radius 2 is 2.00 bits per heavy atom. The summed E-state index contributed by atoms with van der Waals surface area (Å²) in [7, 11) is 0. The SMILES string of the molecule is C=CCOc1cccc(C=C2N=C(c3ccc(Br)cc3)OC2=O)c1. The van der Waals surface area contributed by atoms with Crippen LogP contribution < -0.4 is 4.74 Å². The summed E-state index contributed by atoms with van der Waals surface area (Å²) in [5.74, 6) is 0.538. The van der Waals surface area contributed by atoms with Crippen LogP contribution in [-0.2, 0) is 9.53 Å². The highest BCUT2D eigenvalue weighted by Gasteiger charge is 2.24. The summed E-state index contributed by atoms with van der Waals surface area (Å²) in [6.07, 6.45) is 3.35. The van der Waals surface area contributed by atoms with Crippen LogP contribution >= 0.6 is 15.9 Å². The molecule has 0 spiro atoms. The minimum atomic E-state index is -0.467. The van der Waals surface area contributed by atoms with Crippen LogP contribution in [-0.4, -0.2) is 18.5 Å². The predicted molar refractivity (Wildman–Crippen MR) is 96.9 cm³/mol. The number of carbonyl (C=O) groups excluding carboxylic acids is 1. The molecule has 120 valence electrons. The summed E-state index contributed by atoms with van der Waals surface area (Å²) in [6.45, 7) is 4.04. The van der Waals surface area contributed by atoms with Gasteiger partial charge < -0.3 is 9.47 Å². The summed E-state index contributed by atoms with van der Waals surface area (Å²) in [5.41, 5.74) is 1.82. The molecule has 0 bridgehead atoms. The zero-order valence-electron chi connectivity index (χ0n) is 12.7. The molecule has 0 saturated heterocycles. The summed E-state index contributed by atoms with van der Waals surface area (Å²) >= 11 is 3.37. The fourth-order valence-corrected chi connectivity index (χ4v) is 2.40. The van der Waals surface area contributed by atoms with E-state index in [1.165, 1.54) is 0 Å². The Bertz CT molecular complexity index is 838. The van der Waals surface area contributed by atoms with Crippen LogP contribution in [0.4, 0.5) is 0 Å². The van der Waals surface area contributed by atoms with Crippen LogP contribution in [0.2, 0.25) is 0 Å². The van der Waals surface area contributed by atoms with Gasteiger partial charge in [0.25, 0.3) is 0 Å². The van der Waals surface area contributed by atoms with Crippen molar-refractivity contribution in [2.24, 2.45) is 4.99 Å². The van der Waals surface area contributed by atoms with E-state index in [1.807, 2.05) is 48.5 Å². The molecule has 24 heavy (non-hydrogen) atoms. The summed E-state index contributed by atoms with van der Waals surface area (Å²) < 4.78 is 11.7. The molecule has 0 saturated carbocycles. The molecule has 0 amide bonds. The van der Waals surface area contributed by atoms with Crippen molar-refractivity contribution in [1.29, 1.82) is 0 Å². The number of hydrogen-bond acceptors (Lipinski definition) is 4. The Morgan fingerprint density at radius 1 is 1.21 bits per heavy atom. The fourth-order valence-electron chi connectivity index (χ4n) is 2.13.